The second-order valence-corrected chi connectivity index (χ2v) is 8.37. The minimum atomic E-state index is -3.72. The summed E-state index contributed by atoms with van der Waals surface area (Å²) >= 11 is 6.05. The summed E-state index contributed by atoms with van der Waals surface area (Å²) in [6.07, 6.45) is 0. The van der Waals surface area contributed by atoms with E-state index in [4.69, 9.17) is 16.4 Å². The third-order valence-electron chi connectivity index (χ3n) is 3.83. The van der Waals surface area contributed by atoms with Gasteiger partial charge in [0, 0.05) is 13.1 Å². The number of sulfonamides is 1. The highest BCUT2D eigenvalue weighted by Crippen LogP contribution is 2.23. The summed E-state index contributed by atoms with van der Waals surface area (Å²) < 4.78 is 26.4. The van der Waals surface area contributed by atoms with E-state index in [9.17, 15) is 13.2 Å². The molecule has 0 radical (unpaired) electrons. The number of hydrogen-bond acceptors (Lipinski definition) is 4. The quantitative estimate of drug-likeness (QED) is 0.729. The average Bonchev–Trinajstić information content (AvgIpc) is 2.61. The summed E-state index contributed by atoms with van der Waals surface area (Å²) in [5.41, 5.74) is 3.20. The fourth-order valence-electron chi connectivity index (χ4n) is 2.10. The molecule has 26 heavy (non-hydrogen) atoms. The number of carbonyl (C=O) groups is 1. The second kappa shape index (κ2) is 8.64. The van der Waals surface area contributed by atoms with E-state index in [2.05, 4.69) is 5.48 Å². The number of hydrogen-bond donors (Lipinski definition) is 1. The van der Waals surface area contributed by atoms with Crippen LogP contribution in [0.2, 0.25) is 5.02 Å². The molecule has 1 N–H and O–H groups in total. The van der Waals surface area contributed by atoms with E-state index < -0.39 is 15.9 Å². The van der Waals surface area contributed by atoms with E-state index >= 15 is 0 Å². The van der Waals surface area contributed by atoms with Gasteiger partial charge in [-0.05, 0) is 37.6 Å². The second-order valence-electron chi connectivity index (χ2n) is 5.96. The van der Waals surface area contributed by atoms with Gasteiger partial charge in [0.25, 0.3) is 5.91 Å². The van der Waals surface area contributed by atoms with Gasteiger partial charge in [0.1, 0.15) is 0 Å². The van der Waals surface area contributed by atoms with Gasteiger partial charge >= 0.3 is 0 Å². The van der Waals surface area contributed by atoms with Crippen molar-refractivity contribution in [1.82, 2.24) is 9.79 Å². The Morgan fingerprint density at radius 3 is 2.46 bits per heavy atom. The van der Waals surface area contributed by atoms with E-state index in [1.807, 2.05) is 30.3 Å². The third-order valence-corrected chi connectivity index (χ3v) is 6.19. The molecule has 2 rings (SSSR count). The Labute approximate surface area is 158 Å². The Hall–Kier alpha value is -1.93. The first kappa shape index (κ1) is 20.4. The minimum Gasteiger partial charge on any atom is -0.269 e. The third kappa shape index (κ3) is 4.82. The van der Waals surface area contributed by atoms with Gasteiger partial charge in [-0.3, -0.25) is 9.63 Å². The number of carbonyl (C=O) groups excluding carboxylic acids is 1. The fourth-order valence-corrected chi connectivity index (χ4v) is 3.69. The van der Waals surface area contributed by atoms with Gasteiger partial charge in [0.05, 0.1) is 22.1 Å². The van der Waals surface area contributed by atoms with Gasteiger partial charge < -0.3 is 0 Å². The normalized spacial score (nSPS) is 11.8. The molecule has 0 saturated heterocycles. The summed E-state index contributed by atoms with van der Waals surface area (Å²) in [4.78, 5) is 17.5. The molecule has 2 aromatic carbocycles. The van der Waals surface area contributed by atoms with Crippen LogP contribution in [0.3, 0.4) is 0 Å². The van der Waals surface area contributed by atoms with Crippen LogP contribution in [-0.2, 0) is 21.5 Å². The molecule has 0 aliphatic carbocycles. The van der Waals surface area contributed by atoms with Crippen LogP contribution in [0.4, 0.5) is 0 Å². The van der Waals surface area contributed by atoms with E-state index in [0.717, 1.165) is 5.56 Å². The van der Waals surface area contributed by atoms with Crippen LogP contribution in [0.5, 0.6) is 0 Å². The van der Waals surface area contributed by atoms with Crippen LogP contribution in [0, 0.1) is 0 Å². The number of amides is 1. The monoisotopic (exact) mass is 396 g/mol. The van der Waals surface area contributed by atoms with Gasteiger partial charge in [0.15, 0.2) is 0 Å². The summed E-state index contributed by atoms with van der Waals surface area (Å²) in [6.45, 7) is 3.70. The van der Waals surface area contributed by atoms with Gasteiger partial charge in [-0.25, -0.2) is 13.9 Å². The van der Waals surface area contributed by atoms with Crippen molar-refractivity contribution in [3.8, 4) is 0 Å². The molecule has 2 aromatic rings. The SMILES string of the molecule is CC(C)N(C)S(=O)(=O)c1ccc(Cl)c(C(=O)NOCc2ccccc2)c1. The van der Waals surface area contributed by atoms with Crippen molar-refractivity contribution in [1.29, 1.82) is 0 Å². The molecular formula is C18H21ClN2O4S. The van der Waals surface area contributed by atoms with Crippen LogP contribution < -0.4 is 5.48 Å². The van der Waals surface area contributed by atoms with Crippen molar-refractivity contribution in [2.75, 3.05) is 7.05 Å². The number of hydroxylamine groups is 1. The van der Waals surface area contributed by atoms with E-state index in [1.54, 1.807) is 13.8 Å². The van der Waals surface area contributed by atoms with Crippen molar-refractivity contribution in [3.63, 3.8) is 0 Å². The van der Waals surface area contributed by atoms with Crippen LogP contribution in [-0.4, -0.2) is 31.7 Å². The highest BCUT2D eigenvalue weighted by molar-refractivity contribution is 7.89. The fraction of sp³-hybridized carbons (Fsp3) is 0.278. The van der Waals surface area contributed by atoms with Crippen molar-refractivity contribution >= 4 is 27.5 Å². The molecule has 6 nitrogen and oxygen atoms in total. The Balaban J connectivity index is 2.15. The van der Waals surface area contributed by atoms with E-state index in [1.165, 1.54) is 29.6 Å². The molecule has 140 valence electrons. The van der Waals surface area contributed by atoms with Gasteiger partial charge in [0.2, 0.25) is 10.0 Å². The van der Waals surface area contributed by atoms with Crippen molar-refractivity contribution in [2.45, 2.75) is 31.4 Å². The number of benzene rings is 2. The van der Waals surface area contributed by atoms with E-state index in [0.29, 0.717) is 0 Å². The van der Waals surface area contributed by atoms with Crippen molar-refractivity contribution < 1.29 is 18.0 Å². The Morgan fingerprint density at radius 1 is 1.19 bits per heavy atom. The van der Waals surface area contributed by atoms with E-state index in [-0.39, 0.29) is 28.1 Å². The zero-order valence-corrected chi connectivity index (χ0v) is 16.3. The zero-order valence-electron chi connectivity index (χ0n) is 14.8. The van der Waals surface area contributed by atoms with Crippen LogP contribution in [0.25, 0.3) is 0 Å². The van der Waals surface area contributed by atoms with Gasteiger partial charge in [-0.2, -0.15) is 4.31 Å². The lowest BCUT2D eigenvalue weighted by Gasteiger charge is -2.21. The molecule has 0 aliphatic rings. The molecular weight excluding hydrogens is 376 g/mol. The number of rotatable bonds is 7. The van der Waals surface area contributed by atoms with Crippen molar-refractivity contribution in [2.24, 2.45) is 0 Å². The lowest BCUT2D eigenvalue weighted by atomic mass is 10.2. The first-order valence-corrected chi connectivity index (χ1v) is 9.79. The summed E-state index contributed by atoms with van der Waals surface area (Å²) in [6, 6.07) is 13.1. The maximum absolute atomic E-state index is 12.6. The largest absolute Gasteiger partial charge is 0.276 e. The van der Waals surface area contributed by atoms with Crippen molar-refractivity contribution in [3.05, 3.63) is 64.7 Å². The first-order chi connectivity index (χ1) is 12.2. The Bertz CT molecular complexity index is 870. The molecule has 0 saturated carbocycles. The highest BCUT2D eigenvalue weighted by Gasteiger charge is 2.25. The summed E-state index contributed by atoms with van der Waals surface area (Å²) in [7, 11) is -2.24. The standard InChI is InChI=1S/C18H21ClN2O4S/c1-13(2)21(3)26(23,24)15-9-10-17(19)16(11-15)18(22)20-25-12-14-7-5-4-6-8-14/h4-11,13H,12H2,1-3H3,(H,20,22). The van der Waals surface area contributed by atoms with Crippen LogP contribution in [0.1, 0.15) is 29.8 Å². The molecule has 1 amide bonds. The molecule has 0 fully saturated rings. The topological polar surface area (TPSA) is 75.7 Å². The minimum absolute atomic E-state index is 0.00805. The van der Waals surface area contributed by atoms with Crippen LogP contribution in [0.15, 0.2) is 53.4 Å². The number of nitrogens with one attached hydrogen (secondary N) is 1. The lowest BCUT2D eigenvalue weighted by Crippen LogP contribution is -2.33. The summed E-state index contributed by atoms with van der Waals surface area (Å²) in [5.74, 6) is -0.616. The molecule has 0 spiro atoms. The maximum atomic E-state index is 12.6. The number of halogens is 1. The molecule has 0 aliphatic heterocycles. The van der Waals surface area contributed by atoms with Crippen LogP contribution >= 0.6 is 11.6 Å². The van der Waals surface area contributed by atoms with Gasteiger partial charge in [-0.1, -0.05) is 41.9 Å². The number of nitrogens with zero attached hydrogens (tertiary/aromatic N) is 1. The van der Waals surface area contributed by atoms with Gasteiger partial charge in [-0.15, -0.1) is 0 Å². The predicted molar refractivity (Wildman–Crippen MR) is 100 cm³/mol. The molecule has 0 heterocycles. The summed E-state index contributed by atoms with van der Waals surface area (Å²) in [5, 5.41) is 0.136. The lowest BCUT2D eigenvalue weighted by molar-refractivity contribution is 0.0233. The smallest absolute Gasteiger partial charge is 0.269 e. The molecule has 0 bridgehead atoms. The zero-order chi connectivity index (χ0) is 19.3. The Kier molecular flexibility index (Phi) is 6.77. The maximum Gasteiger partial charge on any atom is 0.276 e. The predicted octanol–water partition coefficient (Wildman–Crippen LogP) is 3.23. The molecule has 0 unspecified atom stereocenters. The Morgan fingerprint density at radius 2 is 1.85 bits per heavy atom. The highest BCUT2D eigenvalue weighted by atomic mass is 35.5. The first-order valence-electron chi connectivity index (χ1n) is 7.97. The molecule has 0 aromatic heterocycles. The molecule has 8 heteroatoms. The molecule has 0 atom stereocenters. The average molecular weight is 397 g/mol.